The van der Waals surface area contributed by atoms with Crippen molar-refractivity contribution in [1.29, 1.82) is 0 Å². The van der Waals surface area contributed by atoms with Crippen molar-refractivity contribution >= 4 is 39.1 Å². The molecule has 5 rings (SSSR count). The van der Waals surface area contributed by atoms with E-state index in [4.69, 9.17) is 9.57 Å². The van der Waals surface area contributed by atoms with Crippen molar-refractivity contribution in [2.75, 3.05) is 16.6 Å². The molecule has 0 spiro atoms. The zero-order chi connectivity index (χ0) is 22.9. The molecule has 3 aromatic carbocycles. The van der Waals surface area contributed by atoms with Crippen molar-refractivity contribution in [2.24, 2.45) is 5.92 Å². The molecular formula is C26H23BrN2O4. The first-order valence-corrected chi connectivity index (χ1v) is 11.7. The number of carbonyl (C=O) groups excluding carboxylic acids is 2. The number of fused-ring (bicyclic) bond motifs is 1. The summed E-state index contributed by atoms with van der Waals surface area (Å²) >= 11 is 3.47. The molecule has 2 fully saturated rings. The van der Waals surface area contributed by atoms with Crippen LogP contribution in [0.4, 0.5) is 11.4 Å². The molecule has 2 heterocycles. The first-order chi connectivity index (χ1) is 16.1. The van der Waals surface area contributed by atoms with E-state index < -0.39 is 18.1 Å². The lowest BCUT2D eigenvalue weighted by molar-refractivity contribution is -0.126. The molecule has 0 saturated carbocycles. The maximum absolute atomic E-state index is 13.6. The Morgan fingerprint density at radius 2 is 1.58 bits per heavy atom. The summed E-state index contributed by atoms with van der Waals surface area (Å²) < 4.78 is 6.56. The molecule has 3 aromatic rings. The van der Waals surface area contributed by atoms with Crippen LogP contribution in [0.2, 0.25) is 0 Å². The molecule has 0 unspecified atom stereocenters. The number of amides is 2. The highest BCUT2D eigenvalue weighted by Gasteiger charge is 2.60. The SMILES string of the molecule is CCCOc1ccc(N2C(=O)[C@@H]3[C@@H](ON(c4ccccc4)[C@H]3c3ccc(Br)cc3)C2=O)cc1. The highest BCUT2D eigenvalue weighted by Crippen LogP contribution is 2.47. The molecule has 0 aliphatic carbocycles. The van der Waals surface area contributed by atoms with Gasteiger partial charge in [-0.1, -0.05) is 53.2 Å². The van der Waals surface area contributed by atoms with Gasteiger partial charge in [-0.15, -0.1) is 0 Å². The lowest BCUT2D eigenvalue weighted by Gasteiger charge is -2.28. The van der Waals surface area contributed by atoms with Crippen LogP contribution in [-0.4, -0.2) is 24.5 Å². The zero-order valence-corrected chi connectivity index (χ0v) is 19.6. The Morgan fingerprint density at radius 3 is 2.24 bits per heavy atom. The van der Waals surface area contributed by atoms with Crippen LogP contribution < -0.4 is 14.7 Å². The summed E-state index contributed by atoms with van der Waals surface area (Å²) in [7, 11) is 0. The van der Waals surface area contributed by atoms with Gasteiger partial charge >= 0.3 is 0 Å². The molecule has 168 valence electrons. The van der Waals surface area contributed by atoms with Gasteiger partial charge in [0.2, 0.25) is 5.91 Å². The van der Waals surface area contributed by atoms with E-state index in [0.717, 1.165) is 22.1 Å². The Hall–Kier alpha value is -3.16. The standard InChI is InChI=1S/C26H23BrN2O4/c1-2-16-32-21-14-12-19(13-15-21)28-25(30)22-23(17-8-10-18(27)11-9-17)29(33-24(22)26(28)31)20-6-4-3-5-7-20/h3-15,22-24H,2,16H2,1H3/t22-,23-,24+/m0/s1. The van der Waals surface area contributed by atoms with E-state index in [1.54, 1.807) is 29.3 Å². The van der Waals surface area contributed by atoms with Crippen LogP contribution in [0.15, 0.2) is 83.3 Å². The largest absolute Gasteiger partial charge is 0.494 e. The topological polar surface area (TPSA) is 59.1 Å². The molecule has 2 saturated heterocycles. The Bertz CT molecular complexity index is 1150. The van der Waals surface area contributed by atoms with Gasteiger partial charge in [0, 0.05) is 4.47 Å². The first kappa shape index (κ1) is 21.7. The Balaban J connectivity index is 1.49. The minimum Gasteiger partial charge on any atom is -0.494 e. The highest BCUT2D eigenvalue weighted by molar-refractivity contribution is 9.10. The lowest BCUT2D eigenvalue weighted by Crippen LogP contribution is -2.37. The third-order valence-corrected chi connectivity index (χ3v) is 6.43. The minimum absolute atomic E-state index is 0.265. The summed E-state index contributed by atoms with van der Waals surface area (Å²) in [5.74, 6) is -0.569. The van der Waals surface area contributed by atoms with E-state index in [2.05, 4.69) is 15.9 Å². The van der Waals surface area contributed by atoms with Crippen molar-refractivity contribution in [3.8, 4) is 5.75 Å². The summed E-state index contributed by atoms with van der Waals surface area (Å²) in [5, 5.41) is 1.70. The molecular weight excluding hydrogens is 484 g/mol. The molecule has 0 aromatic heterocycles. The maximum atomic E-state index is 13.6. The number of hydroxylamine groups is 1. The van der Waals surface area contributed by atoms with Gasteiger partial charge in [-0.2, -0.15) is 0 Å². The summed E-state index contributed by atoms with van der Waals surface area (Å²) in [5.41, 5.74) is 2.22. The Morgan fingerprint density at radius 1 is 0.879 bits per heavy atom. The van der Waals surface area contributed by atoms with E-state index in [-0.39, 0.29) is 11.8 Å². The normalized spacial score (nSPS) is 22.1. The van der Waals surface area contributed by atoms with Crippen molar-refractivity contribution in [3.05, 3.63) is 88.9 Å². The minimum atomic E-state index is -0.887. The van der Waals surface area contributed by atoms with E-state index in [0.29, 0.717) is 18.0 Å². The number of anilines is 2. The number of halogens is 1. The van der Waals surface area contributed by atoms with E-state index in [1.807, 2.05) is 61.5 Å². The summed E-state index contributed by atoms with van der Waals surface area (Å²) in [6.07, 6.45) is 0.0170. The molecule has 0 radical (unpaired) electrons. The summed E-state index contributed by atoms with van der Waals surface area (Å²) in [6, 6.07) is 23.9. The molecule has 7 heteroatoms. The van der Waals surface area contributed by atoms with Crippen LogP contribution in [0.5, 0.6) is 5.75 Å². The average Bonchev–Trinajstić information content (AvgIpc) is 3.35. The third kappa shape index (κ3) is 3.92. The average molecular weight is 507 g/mol. The molecule has 3 atom stereocenters. The van der Waals surface area contributed by atoms with Gasteiger partial charge in [-0.25, -0.2) is 9.96 Å². The zero-order valence-electron chi connectivity index (χ0n) is 18.1. The van der Waals surface area contributed by atoms with Crippen molar-refractivity contribution in [2.45, 2.75) is 25.5 Å². The fraction of sp³-hybridized carbons (Fsp3) is 0.231. The second-order valence-electron chi connectivity index (χ2n) is 8.06. The second kappa shape index (κ2) is 9.00. The number of ether oxygens (including phenoxy) is 1. The molecule has 2 amide bonds. The molecule has 2 aliphatic heterocycles. The summed E-state index contributed by atoms with van der Waals surface area (Å²) in [4.78, 5) is 34.4. The summed E-state index contributed by atoms with van der Waals surface area (Å²) in [6.45, 7) is 2.65. The van der Waals surface area contributed by atoms with Gasteiger partial charge in [-0.05, 0) is 60.5 Å². The number of rotatable bonds is 6. The van der Waals surface area contributed by atoms with Crippen LogP contribution in [0.25, 0.3) is 0 Å². The molecule has 0 N–H and O–H groups in total. The third-order valence-electron chi connectivity index (χ3n) is 5.91. The fourth-order valence-electron chi connectivity index (χ4n) is 4.38. The van der Waals surface area contributed by atoms with E-state index in [9.17, 15) is 9.59 Å². The Labute approximate surface area is 200 Å². The lowest BCUT2D eigenvalue weighted by atomic mass is 9.90. The maximum Gasteiger partial charge on any atom is 0.266 e. The van der Waals surface area contributed by atoms with Gasteiger partial charge < -0.3 is 4.74 Å². The van der Waals surface area contributed by atoms with Crippen molar-refractivity contribution < 1.29 is 19.2 Å². The molecule has 0 bridgehead atoms. The number of hydrogen-bond acceptors (Lipinski definition) is 5. The number of carbonyl (C=O) groups is 2. The van der Waals surface area contributed by atoms with Crippen LogP contribution in [0, 0.1) is 5.92 Å². The monoisotopic (exact) mass is 506 g/mol. The number of para-hydroxylation sites is 1. The number of benzene rings is 3. The molecule has 6 nitrogen and oxygen atoms in total. The quantitative estimate of drug-likeness (QED) is 0.425. The van der Waals surface area contributed by atoms with Crippen molar-refractivity contribution in [3.63, 3.8) is 0 Å². The Kier molecular flexibility index (Phi) is 5.91. The van der Waals surface area contributed by atoms with Crippen LogP contribution in [0.1, 0.15) is 24.9 Å². The second-order valence-corrected chi connectivity index (χ2v) is 8.98. The predicted molar refractivity (Wildman–Crippen MR) is 129 cm³/mol. The van der Waals surface area contributed by atoms with Crippen LogP contribution in [0.3, 0.4) is 0 Å². The van der Waals surface area contributed by atoms with Gasteiger partial charge in [0.05, 0.1) is 24.0 Å². The smallest absolute Gasteiger partial charge is 0.266 e. The number of hydrogen-bond donors (Lipinski definition) is 0. The van der Waals surface area contributed by atoms with Crippen molar-refractivity contribution in [1.82, 2.24) is 0 Å². The number of imide groups is 1. The van der Waals surface area contributed by atoms with Crippen LogP contribution >= 0.6 is 15.9 Å². The van der Waals surface area contributed by atoms with Crippen LogP contribution in [-0.2, 0) is 14.4 Å². The van der Waals surface area contributed by atoms with Gasteiger partial charge in [0.15, 0.2) is 6.10 Å². The highest BCUT2D eigenvalue weighted by atomic mass is 79.9. The first-order valence-electron chi connectivity index (χ1n) is 11.0. The van der Waals surface area contributed by atoms with Gasteiger partial charge in [0.1, 0.15) is 11.7 Å². The van der Waals surface area contributed by atoms with Gasteiger partial charge in [0.25, 0.3) is 5.91 Å². The molecule has 33 heavy (non-hydrogen) atoms. The predicted octanol–water partition coefficient (Wildman–Crippen LogP) is 5.29. The van der Waals surface area contributed by atoms with E-state index in [1.165, 1.54) is 4.90 Å². The number of nitrogens with zero attached hydrogens (tertiary/aromatic N) is 2. The fourth-order valence-corrected chi connectivity index (χ4v) is 4.64. The van der Waals surface area contributed by atoms with E-state index >= 15 is 0 Å². The van der Waals surface area contributed by atoms with Gasteiger partial charge in [-0.3, -0.25) is 14.4 Å². The molecule has 2 aliphatic rings.